The molecule has 0 bridgehead atoms. The fourth-order valence-corrected chi connectivity index (χ4v) is 3.49. The summed E-state index contributed by atoms with van der Waals surface area (Å²) < 4.78 is 44.0. The van der Waals surface area contributed by atoms with Crippen LogP contribution in [-0.4, -0.2) is 28.9 Å². The first-order chi connectivity index (χ1) is 16.1. The Morgan fingerprint density at radius 3 is 2.59 bits per heavy atom. The number of nitrogens with zero attached hydrogens (tertiary/aromatic N) is 1. The molecule has 1 aliphatic rings. The Labute approximate surface area is 190 Å². The molecular formula is C22H18F3N5O4. The van der Waals surface area contributed by atoms with Crippen molar-refractivity contribution in [1.82, 2.24) is 9.97 Å². The highest BCUT2D eigenvalue weighted by atomic mass is 19.4. The van der Waals surface area contributed by atoms with Crippen molar-refractivity contribution in [3.63, 3.8) is 0 Å². The second-order valence-electron chi connectivity index (χ2n) is 7.41. The molecule has 34 heavy (non-hydrogen) atoms. The first-order valence-corrected chi connectivity index (χ1v) is 9.97. The molecule has 12 heteroatoms. The lowest BCUT2D eigenvalue weighted by Crippen LogP contribution is -2.36. The molecular weight excluding hydrogens is 455 g/mol. The number of aromatic nitrogens is 2. The van der Waals surface area contributed by atoms with E-state index >= 15 is 0 Å². The topological polar surface area (TPSA) is 125 Å². The zero-order chi connectivity index (χ0) is 24.5. The molecule has 0 radical (unpaired) electrons. The van der Waals surface area contributed by atoms with E-state index in [1.807, 2.05) is 0 Å². The molecule has 4 rings (SSSR count). The van der Waals surface area contributed by atoms with Crippen molar-refractivity contribution in [3.05, 3.63) is 70.0 Å². The minimum absolute atomic E-state index is 0.0207. The van der Waals surface area contributed by atoms with Gasteiger partial charge in [0.15, 0.2) is 0 Å². The van der Waals surface area contributed by atoms with Crippen LogP contribution in [0.5, 0.6) is 5.75 Å². The summed E-state index contributed by atoms with van der Waals surface area (Å²) in [6, 6.07) is 10.9. The zero-order valence-corrected chi connectivity index (χ0v) is 17.6. The number of fused-ring (bicyclic) bond motifs is 1. The number of rotatable bonds is 5. The summed E-state index contributed by atoms with van der Waals surface area (Å²) in [7, 11) is 1.47. The van der Waals surface area contributed by atoms with E-state index in [0.717, 1.165) is 12.1 Å². The van der Waals surface area contributed by atoms with Gasteiger partial charge in [-0.15, -0.1) is 0 Å². The SMILES string of the molecule is COc1cccc(NC(=O)C2CC(=O)Nc3nc(Nc4cccc(C(F)(F)F)c4)[nH]c(=O)c32)c1. The molecule has 0 aliphatic carbocycles. The Balaban J connectivity index is 1.62. The molecule has 4 N–H and O–H groups in total. The second kappa shape index (κ2) is 8.89. The second-order valence-corrected chi connectivity index (χ2v) is 7.41. The van der Waals surface area contributed by atoms with E-state index in [9.17, 15) is 27.6 Å². The molecule has 1 aromatic heterocycles. The summed E-state index contributed by atoms with van der Waals surface area (Å²) in [5.74, 6) is -2.12. The number of methoxy groups -OCH3 is 1. The van der Waals surface area contributed by atoms with Gasteiger partial charge < -0.3 is 20.7 Å². The van der Waals surface area contributed by atoms with E-state index in [0.29, 0.717) is 11.4 Å². The third kappa shape index (κ3) is 4.85. The lowest BCUT2D eigenvalue weighted by molar-refractivity contribution is -0.137. The van der Waals surface area contributed by atoms with Gasteiger partial charge in [-0.1, -0.05) is 12.1 Å². The Morgan fingerprint density at radius 2 is 1.85 bits per heavy atom. The van der Waals surface area contributed by atoms with E-state index in [4.69, 9.17) is 4.74 Å². The summed E-state index contributed by atoms with van der Waals surface area (Å²) in [4.78, 5) is 44.4. The quantitative estimate of drug-likeness (QED) is 0.449. The smallest absolute Gasteiger partial charge is 0.416 e. The fraction of sp³-hybridized carbons (Fsp3) is 0.182. The number of nitrogens with one attached hydrogen (secondary N) is 4. The molecule has 1 atom stereocenters. The first kappa shape index (κ1) is 22.8. The van der Waals surface area contributed by atoms with E-state index < -0.39 is 35.0 Å². The molecule has 1 unspecified atom stereocenters. The summed E-state index contributed by atoms with van der Waals surface area (Å²) >= 11 is 0. The summed E-state index contributed by atoms with van der Waals surface area (Å²) in [5, 5.41) is 7.67. The van der Waals surface area contributed by atoms with Crippen molar-refractivity contribution in [2.45, 2.75) is 18.5 Å². The average Bonchev–Trinajstić information content (AvgIpc) is 2.78. The number of carbonyl (C=O) groups is 2. The summed E-state index contributed by atoms with van der Waals surface area (Å²) in [5.41, 5.74) is -1.24. The zero-order valence-electron chi connectivity index (χ0n) is 17.6. The number of alkyl halides is 3. The van der Waals surface area contributed by atoms with Gasteiger partial charge in [-0.05, 0) is 30.3 Å². The Bertz CT molecular complexity index is 1320. The van der Waals surface area contributed by atoms with Crippen LogP contribution >= 0.6 is 0 Å². The van der Waals surface area contributed by atoms with Crippen molar-refractivity contribution in [2.75, 3.05) is 23.1 Å². The standard InChI is InChI=1S/C22H18F3N5O4/c1-34-14-7-3-6-13(9-14)26-19(32)15-10-16(31)28-18-17(15)20(33)30-21(29-18)27-12-5-2-4-11(8-12)22(23,24)25/h2-9,15H,10H2,1H3,(H,26,32)(H3,27,28,29,30,31,33). The number of halogens is 3. The third-order valence-corrected chi connectivity index (χ3v) is 5.06. The van der Waals surface area contributed by atoms with E-state index in [1.165, 1.54) is 19.2 Å². The van der Waals surface area contributed by atoms with Crippen LogP contribution in [0.1, 0.15) is 23.5 Å². The van der Waals surface area contributed by atoms with Crippen molar-refractivity contribution in [2.24, 2.45) is 0 Å². The third-order valence-electron chi connectivity index (χ3n) is 5.06. The maximum Gasteiger partial charge on any atom is 0.416 e. The van der Waals surface area contributed by atoms with Crippen LogP contribution in [0.25, 0.3) is 0 Å². The number of benzene rings is 2. The van der Waals surface area contributed by atoms with Crippen LogP contribution in [0.3, 0.4) is 0 Å². The summed E-state index contributed by atoms with van der Waals surface area (Å²) in [6.45, 7) is 0. The van der Waals surface area contributed by atoms with Crippen molar-refractivity contribution in [3.8, 4) is 5.75 Å². The van der Waals surface area contributed by atoms with Crippen molar-refractivity contribution in [1.29, 1.82) is 0 Å². The molecule has 3 aromatic rings. The number of hydrogen-bond donors (Lipinski definition) is 4. The average molecular weight is 473 g/mol. The van der Waals surface area contributed by atoms with Crippen LogP contribution < -0.4 is 26.2 Å². The highest BCUT2D eigenvalue weighted by Gasteiger charge is 2.35. The van der Waals surface area contributed by atoms with Crippen LogP contribution in [0.4, 0.5) is 36.3 Å². The van der Waals surface area contributed by atoms with Gasteiger partial charge in [0.25, 0.3) is 5.56 Å². The highest BCUT2D eigenvalue weighted by Crippen LogP contribution is 2.32. The van der Waals surface area contributed by atoms with E-state index in [1.54, 1.807) is 24.3 Å². The molecule has 2 heterocycles. The lowest BCUT2D eigenvalue weighted by atomic mass is 9.92. The molecule has 176 valence electrons. The molecule has 0 saturated carbocycles. The van der Waals surface area contributed by atoms with Crippen LogP contribution in [-0.2, 0) is 15.8 Å². The van der Waals surface area contributed by atoms with Crippen LogP contribution in [0.15, 0.2) is 53.3 Å². The number of H-pyrrole nitrogens is 1. The summed E-state index contributed by atoms with van der Waals surface area (Å²) in [6.07, 6.45) is -4.83. The number of carbonyl (C=O) groups excluding carboxylic acids is 2. The van der Waals surface area contributed by atoms with Crippen molar-refractivity contribution < 1.29 is 27.5 Å². The molecule has 0 saturated heterocycles. The number of amides is 2. The Morgan fingerprint density at radius 1 is 1.12 bits per heavy atom. The monoisotopic (exact) mass is 473 g/mol. The molecule has 1 aliphatic heterocycles. The van der Waals surface area contributed by atoms with E-state index in [-0.39, 0.29) is 29.4 Å². The first-order valence-electron chi connectivity index (χ1n) is 9.97. The fourth-order valence-electron chi connectivity index (χ4n) is 3.49. The molecule has 2 aromatic carbocycles. The Hall–Kier alpha value is -4.35. The van der Waals surface area contributed by atoms with Gasteiger partial charge >= 0.3 is 6.18 Å². The van der Waals surface area contributed by atoms with Gasteiger partial charge in [0.05, 0.1) is 24.2 Å². The van der Waals surface area contributed by atoms with Crippen molar-refractivity contribution >= 4 is 35.0 Å². The molecule has 0 spiro atoms. The minimum Gasteiger partial charge on any atom is -0.497 e. The number of aromatic amines is 1. The van der Waals surface area contributed by atoms with Gasteiger partial charge in [0.2, 0.25) is 17.8 Å². The van der Waals surface area contributed by atoms with Crippen LogP contribution in [0.2, 0.25) is 0 Å². The maximum atomic E-state index is 13.0. The van der Waals surface area contributed by atoms with Gasteiger partial charge in [-0.3, -0.25) is 19.4 Å². The van der Waals surface area contributed by atoms with Crippen LogP contribution in [0, 0.1) is 0 Å². The van der Waals surface area contributed by atoms with Gasteiger partial charge in [0.1, 0.15) is 11.6 Å². The van der Waals surface area contributed by atoms with Gasteiger partial charge in [-0.2, -0.15) is 18.2 Å². The molecule has 2 amide bonds. The molecule has 0 fully saturated rings. The predicted molar refractivity (Wildman–Crippen MR) is 117 cm³/mol. The number of ether oxygens (including phenoxy) is 1. The Kier molecular flexibility index (Phi) is 5.97. The number of anilines is 4. The van der Waals surface area contributed by atoms with Gasteiger partial charge in [0, 0.05) is 23.9 Å². The largest absolute Gasteiger partial charge is 0.497 e. The molecule has 9 nitrogen and oxygen atoms in total. The minimum atomic E-state index is -4.55. The highest BCUT2D eigenvalue weighted by molar-refractivity contribution is 6.04. The normalized spacial score (nSPS) is 15.2. The maximum absolute atomic E-state index is 13.0. The lowest BCUT2D eigenvalue weighted by Gasteiger charge is -2.23. The van der Waals surface area contributed by atoms with Gasteiger partial charge in [-0.25, -0.2) is 0 Å². The van der Waals surface area contributed by atoms with E-state index in [2.05, 4.69) is 25.9 Å². The predicted octanol–water partition coefficient (Wildman–Crippen LogP) is 3.61. The number of hydrogen-bond acceptors (Lipinski definition) is 6.